The molecule has 0 radical (unpaired) electrons. The number of rotatable bonds is 6. The first-order valence-corrected chi connectivity index (χ1v) is 8.73. The first-order chi connectivity index (χ1) is 12.9. The highest BCUT2D eigenvalue weighted by atomic mass is 19.4. The van der Waals surface area contributed by atoms with Crippen LogP contribution in [0.1, 0.15) is 43.0 Å². The van der Waals surface area contributed by atoms with Crippen LogP contribution in [-0.4, -0.2) is 55.9 Å². The van der Waals surface area contributed by atoms with Crippen LogP contribution in [0, 0.1) is 13.8 Å². The number of hydrogen-bond acceptors (Lipinski definition) is 5. The number of nitrogens with one attached hydrogen (secondary N) is 1. The molecule has 0 saturated heterocycles. The Hall–Kier alpha value is -2.72. The summed E-state index contributed by atoms with van der Waals surface area (Å²) in [7, 11) is 1.52. The molecule has 0 fully saturated rings. The number of halogens is 3. The minimum atomic E-state index is -4.66. The number of carbonyl (C=O) groups is 2. The molecular weight excluding hydrogens is 377 g/mol. The van der Waals surface area contributed by atoms with Gasteiger partial charge in [0.2, 0.25) is 11.8 Å². The molecule has 0 aliphatic heterocycles. The third-order valence-electron chi connectivity index (χ3n) is 4.15. The van der Waals surface area contributed by atoms with Crippen LogP contribution >= 0.6 is 0 Å². The first-order valence-electron chi connectivity index (χ1n) is 8.73. The maximum atomic E-state index is 12.8. The second-order valence-corrected chi connectivity index (χ2v) is 6.88. The molecule has 0 atom stereocenters. The number of fused-ring (bicyclic) bond motifs is 1. The van der Waals surface area contributed by atoms with Crippen molar-refractivity contribution in [1.29, 1.82) is 0 Å². The zero-order valence-electron chi connectivity index (χ0n) is 16.4. The molecule has 0 aliphatic carbocycles. The second kappa shape index (κ2) is 8.11. The van der Waals surface area contributed by atoms with Crippen LogP contribution in [0.2, 0.25) is 0 Å². The first kappa shape index (κ1) is 21.6. The summed E-state index contributed by atoms with van der Waals surface area (Å²) >= 11 is 0. The van der Waals surface area contributed by atoms with E-state index in [1.165, 1.54) is 11.9 Å². The molecule has 2 rings (SSSR count). The average Bonchev–Trinajstić information content (AvgIpc) is 2.97. The van der Waals surface area contributed by atoms with E-state index in [0.29, 0.717) is 17.0 Å². The minimum absolute atomic E-state index is 0.0247. The molecule has 0 unspecified atom stereocenters. The van der Waals surface area contributed by atoms with Crippen LogP contribution < -0.4 is 5.32 Å². The number of carbonyl (C=O) groups excluding carboxylic acids is 2. The van der Waals surface area contributed by atoms with Gasteiger partial charge in [0.25, 0.3) is 11.6 Å². The number of likely N-dealkylation sites (N-methyl/N-ethyl adjacent to an activating group) is 1. The number of aryl methyl sites for hydroxylation is 2. The van der Waals surface area contributed by atoms with Crippen LogP contribution in [0.15, 0.2) is 0 Å². The highest BCUT2D eigenvalue weighted by molar-refractivity contribution is 5.84. The fraction of sp³-hybridized carbons (Fsp3) is 0.588. The summed E-state index contributed by atoms with van der Waals surface area (Å²) in [6, 6.07) is -0.0247. The molecule has 0 bridgehead atoms. The molecule has 2 aromatic heterocycles. The molecule has 1 N–H and O–H groups in total. The Morgan fingerprint density at radius 2 is 1.86 bits per heavy atom. The molecule has 2 amide bonds. The van der Waals surface area contributed by atoms with Gasteiger partial charge in [0, 0.05) is 30.9 Å². The van der Waals surface area contributed by atoms with Gasteiger partial charge in [-0.1, -0.05) is 0 Å². The standard InChI is InChI=1S/C17H23F3N6O2/c1-9(2)21-13(27)8-25(5)14(28)7-6-12-10(3)22-16-23-15(17(18,19)20)24-26(16)11(12)4/h9H,6-8H2,1-5H3,(H,21,27). The molecule has 11 heteroatoms. The van der Waals surface area contributed by atoms with E-state index in [0.717, 1.165) is 4.52 Å². The molecule has 0 aliphatic rings. The van der Waals surface area contributed by atoms with Crippen molar-refractivity contribution in [3.05, 3.63) is 22.8 Å². The number of hydrogen-bond donors (Lipinski definition) is 1. The average molecular weight is 400 g/mol. The van der Waals surface area contributed by atoms with E-state index < -0.39 is 12.0 Å². The maximum Gasteiger partial charge on any atom is 0.453 e. The molecule has 154 valence electrons. The molecule has 0 saturated carbocycles. The van der Waals surface area contributed by atoms with Gasteiger partial charge in [-0.2, -0.15) is 18.2 Å². The normalized spacial score (nSPS) is 11.9. The SMILES string of the molecule is Cc1nc2nc(C(F)(F)F)nn2c(C)c1CCC(=O)N(C)CC(=O)NC(C)C. The summed E-state index contributed by atoms with van der Waals surface area (Å²) in [5.74, 6) is -1.91. The summed E-state index contributed by atoms with van der Waals surface area (Å²) in [5, 5.41) is 6.19. The van der Waals surface area contributed by atoms with Crippen molar-refractivity contribution in [2.75, 3.05) is 13.6 Å². The van der Waals surface area contributed by atoms with Crippen molar-refractivity contribution in [3.8, 4) is 0 Å². The van der Waals surface area contributed by atoms with E-state index in [1.54, 1.807) is 13.8 Å². The highest BCUT2D eigenvalue weighted by Crippen LogP contribution is 2.27. The Kier molecular flexibility index (Phi) is 6.25. The number of aromatic nitrogens is 4. The van der Waals surface area contributed by atoms with Crippen LogP contribution in [0.4, 0.5) is 13.2 Å². The number of alkyl halides is 3. The number of amides is 2. The quantitative estimate of drug-likeness (QED) is 0.797. The third-order valence-corrected chi connectivity index (χ3v) is 4.15. The van der Waals surface area contributed by atoms with Gasteiger partial charge in [0.05, 0.1) is 6.54 Å². The van der Waals surface area contributed by atoms with Crippen LogP contribution in [0.25, 0.3) is 5.78 Å². The van der Waals surface area contributed by atoms with E-state index >= 15 is 0 Å². The predicted octanol–water partition coefficient (Wildman–Crippen LogP) is 1.68. The fourth-order valence-corrected chi connectivity index (χ4v) is 2.78. The predicted molar refractivity (Wildman–Crippen MR) is 94.5 cm³/mol. The molecule has 2 aromatic rings. The monoisotopic (exact) mass is 400 g/mol. The highest BCUT2D eigenvalue weighted by Gasteiger charge is 2.37. The Morgan fingerprint density at radius 3 is 2.43 bits per heavy atom. The van der Waals surface area contributed by atoms with Crippen LogP contribution in [0.3, 0.4) is 0 Å². The van der Waals surface area contributed by atoms with Gasteiger partial charge >= 0.3 is 6.18 Å². The summed E-state index contributed by atoms with van der Waals surface area (Å²) in [6.07, 6.45) is -4.32. The second-order valence-electron chi connectivity index (χ2n) is 6.88. The Balaban J connectivity index is 2.13. The van der Waals surface area contributed by atoms with E-state index in [4.69, 9.17) is 0 Å². The molecule has 8 nitrogen and oxygen atoms in total. The van der Waals surface area contributed by atoms with Crippen LogP contribution in [-0.2, 0) is 22.2 Å². The fourth-order valence-electron chi connectivity index (χ4n) is 2.78. The topological polar surface area (TPSA) is 92.5 Å². The minimum Gasteiger partial charge on any atom is -0.352 e. The summed E-state index contributed by atoms with van der Waals surface area (Å²) in [4.78, 5) is 32.9. The van der Waals surface area contributed by atoms with Crippen molar-refractivity contribution in [2.45, 2.75) is 52.8 Å². The van der Waals surface area contributed by atoms with Gasteiger partial charge in [-0.25, -0.2) is 9.50 Å². The van der Waals surface area contributed by atoms with Gasteiger partial charge in [0.15, 0.2) is 0 Å². The van der Waals surface area contributed by atoms with Crippen molar-refractivity contribution >= 4 is 17.6 Å². The Labute approximate surface area is 160 Å². The smallest absolute Gasteiger partial charge is 0.352 e. The lowest BCUT2D eigenvalue weighted by Gasteiger charge is -2.18. The molecule has 0 spiro atoms. The molecular formula is C17H23F3N6O2. The van der Waals surface area contributed by atoms with E-state index in [9.17, 15) is 22.8 Å². The lowest BCUT2D eigenvalue weighted by Crippen LogP contribution is -2.40. The lowest BCUT2D eigenvalue weighted by molar-refractivity contribution is -0.144. The van der Waals surface area contributed by atoms with Crippen molar-refractivity contribution in [2.24, 2.45) is 0 Å². The van der Waals surface area contributed by atoms with Gasteiger partial charge in [0.1, 0.15) is 0 Å². The summed E-state index contributed by atoms with van der Waals surface area (Å²) in [5.41, 5.74) is 1.55. The van der Waals surface area contributed by atoms with Gasteiger partial charge < -0.3 is 10.2 Å². The van der Waals surface area contributed by atoms with E-state index in [-0.39, 0.29) is 43.0 Å². The largest absolute Gasteiger partial charge is 0.453 e. The summed E-state index contributed by atoms with van der Waals surface area (Å²) < 4.78 is 39.5. The van der Waals surface area contributed by atoms with Crippen molar-refractivity contribution in [1.82, 2.24) is 29.8 Å². The molecule has 2 heterocycles. The van der Waals surface area contributed by atoms with Gasteiger partial charge in [-0.15, -0.1) is 5.10 Å². The van der Waals surface area contributed by atoms with E-state index in [1.807, 2.05) is 13.8 Å². The zero-order chi connectivity index (χ0) is 21.2. The van der Waals surface area contributed by atoms with Crippen LogP contribution in [0.5, 0.6) is 0 Å². The Bertz CT molecular complexity index is 891. The number of nitrogens with zero attached hydrogens (tertiary/aromatic N) is 5. The lowest BCUT2D eigenvalue weighted by atomic mass is 10.1. The molecule has 0 aromatic carbocycles. The maximum absolute atomic E-state index is 12.8. The van der Waals surface area contributed by atoms with Gasteiger partial charge in [-0.3, -0.25) is 9.59 Å². The van der Waals surface area contributed by atoms with Gasteiger partial charge in [-0.05, 0) is 39.7 Å². The molecule has 28 heavy (non-hydrogen) atoms. The third kappa shape index (κ3) is 4.96. The van der Waals surface area contributed by atoms with Crippen molar-refractivity contribution in [3.63, 3.8) is 0 Å². The summed E-state index contributed by atoms with van der Waals surface area (Å²) in [6.45, 7) is 6.83. The van der Waals surface area contributed by atoms with Crippen molar-refractivity contribution < 1.29 is 22.8 Å². The zero-order valence-corrected chi connectivity index (χ0v) is 16.4. The van der Waals surface area contributed by atoms with E-state index in [2.05, 4.69) is 20.4 Å². The Morgan fingerprint density at radius 1 is 1.21 bits per heavy atom.